The van der Waals surface area contributed by atoms with Crippen LogP contribution in [-0.2, 0) is 9.05 Å². The topological polar surface area (TPSA) is 84.0 Å². The number of oxazole rings is 1. The maximum Gasteiger partial charge on any atom is 0.332 e. The maximum atomic E-state index is 10.9. The van der Waals surface area contributed by atoms with E-state index >= 15 is 0 Å². The van der Waals surface area contributed by atoms with Crippen molar-refractivity contribution in [3.05, 3.63) is 23.8 Å². The van der Waals surface area contributed by atoms with Crippen LogP contribution in [0.15, 0.2) is 27.8 Å². The third-order valence-electron chi connectivity index (χ3n) is 1.71. The average molecular weight is 243 g/mol. The lowest BCUT2D eigenvalue weighted by atomic mass is 10.2. The fourth-order valence-electron chi connectivity index (χ4n) is 1.08. The molecule has 2 aromatic rings. The summed E-state index contributed by atoms with van der Waals surface area (Å²) in [5, 5.41) is 8.05. The molecule has 7 heteroatoms. The first-order valence-electron chi connectivity index (χ1n) is 3.76. The van der Waals surface area contributed by atoms with Gasteiger partial charge in [0.15, 0.2) is 5.58 Å². The van der Waals surface area contributed by atoms with E-state index in [1.54, 1.807) is 0 Å². The third-order valence-corrected chi connectivity index (χ3v) is 2.69. The summed E-state index contributed by atoms with van der Waals surface area (Å²) in [4.78, 5) is 3.66. The van der Waals surface area contributed by atoms with Crippen LogP contribution in [-0.4, -0.2) is 13.4 Å². The molecule has 0 aliphatic carbocycles. The van der Waals surface area contributed by atoms with Crippen molar-refractivity contribution >= 4 is 30.8 Å². The summed E-state index contributed by atoms with van der Waals surface area (Å²) in [6.45, 7) is 0. The van der Waals surface area contributed by atoms with Gasteiger partial charge in [0.05, 0.1) is 11.6 Å². The Morgan fingerprint density at radius 2 is 2.20 bits per heavy atom. The Balaban J connectivity index is 2.73. The standard InChI is InChI=1S/C8H3ClN2O3S/c9-15(12,13)8-11-6-2-1-5(4-10)3-7(6)14-8/h1-3H. The predicted molar refractivity (Wildman–Crippen MR) is 51.8 cm³/mol. The molecular formula is C8H3ClN2O3S. The van der Waals surface area contributed by atoms with Gasteiger partial charge in [-0.3, -0.25) is 0 Å². The van der Waals surface area contributed by atoms with Gasteiger partial charge in [0.1, 0.15) is 5.52 Å². The van der Waals surface area contributed by atoms with Gasteiger partial charge in [0.2, 0.25) is 0 Å². The number of hydrogen-bond acceptors (Lipinski definition) is 5. The molecule has 0 N–H and O–H groups in total. The van der Waals surface area contributed by atoms with E-state index in [1.165, 1.54) is 18.2 Å². The van der Waals surface area contributed by atoms with Crippen molar-refractivity contribution in [1.82, 2.24) is 4.98 Å². The highest BCUT2D eigenvalue weighted by atomic mass is 35.7. The van der Waals surface area contributed by atoms with Crippen LogP contribution < -0.4 is 0 Å². The van der Waals surface area contributed by atoms with Crippen LogP contribution in [0.1, 0.15) is 5.56 Å². The van der Waals surface area contributed by atoms with E-state index in [9.17, 15) is 8.42 Å². The summed E-state index contributed by atoms with van der Waals surface area (Å²) < 4.78 is 26.7. The fourth-order valence-corrected chi connectivity index (χ4v) is 1.67. The molecule has 5 nitrogen and oxygen atoms in total. The molecule has 0 radical (unpaired) electrons. The molecule has 1 heterocycles. The Bertz CT molecular complexity index is 669. The van der Waals surface area contributed by atoms with Gasteiger partial charge >= 0.3 is 14.3 Å². The molecule has 1 aromatic carbocycles. The summed E-state index contributed by atoms with van der Waals surface area (Å²) in [7, 11) is 1.08. The van der Waals surface area contributed by atoms with Crippen LogP contribution in [0, 0.1) is 11.3 Å². The Morgan fingerprint density at radius 3 is 2.80 bits per heavy atom. The third kappa shape index (κ3) is 1.79. The molecule has 0 saturated heterocycles. The molecule has 0 aliphatic rings. The Kier molecular flexibility index (Phi) is 2.14. The first kappa shape index (κ1) is 9.96. The van der Waals surface area contributed by atoms with E-state index in [-0.39, 0.29) is 5.58 Å². The highest BCUT2D eigenvalue weighted by molar-refractivity contribution is 8.13. The fraction of sp³-hybridized carbons (Fsp3) is 0. The molecule has 0 spiro atoms. The Labute approximate surface area is 89.3 Å². The smallest absolute Gasteiger partial charge is 0.332 e. The molecule has 0 aliphatic heterocycles. The largest absolute Gasteiger partial charge is 0.427 e. The quantitative estimate of drug-likeness (QED) is 0.710. The highest BCUT2D eigenvalue weighted by Gasteiger charge is 2.18. The molecule has 2 rings (SSSR count). The van der Waals surface area contributed by atoms with Crippen LogP contribution in [0.3, 0.4) is 0 Å². The van der Waals surface area contributed by atoms with E-state index in [2.05, 4.69) is 4.98 Å². The van der Waals surface area contributed by atoms with Crippen molar-refractivity contribution in [3.63, 3.8) is 0 Å². The van der Waals surface area contributed by atoms with Crippen LogP contribution in [0.4, 0.5) is 0 Å². The summed E-state index contributed by atoms with van der Waals surface area (Å²) in [5.41, 5.74) is 0.915. The molecule has 0 fully saturated rings. The van der Waals surface area contributed by atoms with Gasteiger partial charge < -0.3 is 4.42 Å². The summed E-state index contributed by atoms with van der Waals surface area (Å²) in [5.74, 6) is 0. The number of halogens is 1. The van der Waals surface area contributed by atoms with Gasteiger partial charge in [0, 0.05) is 16.7 Å². The van der Waals surface area contributed by atoms with Gasteiger partial charge in [-0.1, -0.05) is 0 Å². The van der Waals surface area contributed by atoms with Crippen molar-refractivity contribution in [2.45, 2.75) is 5.22 Å². The average Bonchev–Trinajstić information content (AvgIpc) is 2.59. The highest BCUT2D eigenvalue weighted by Crippen LogP contribution is 2.21. The predicted octanol–water partition coefficient (Wildman–Crippen LogP) is 1.63. The molecule has 0 bridgehead atoms. The van der Waals surface area contributed by atoms with Crippen molar-refractivity contribution in [2.24, 2.45) is 0 Å². The van der Waals surface area contributed by atoms with Gasteiger partial charge in [-0.05, 0) is 12.1 Å². The van der Waals surface area contributed by atoms with Crippen molar-refractivity contribution in [2.75, 3.05) is 0 Å². The second-order valence-electron chi connectivity index (χ2n) is 2.71. The summed E-state index contributed by atoms with van der Waals surface area (Å²) >= 11 is 0. The van der Waals surface area contributed by atoms with Crippen LogP contribution >= 0.6 is 10.7 Å². The normalized spacial score (nSPS) is 11.5. The minimum absolute atomic E-state index is 0.216. The van der Waals surface area contributed by atoms with Crippen molar-refractivity contribution in [1.29, 1.82) is 5.26 Å². The van der Waals surface area contributed by atoms with Gasteiger partial charge in [-0.2, -0.15) is 10.2 Å². The summed E-state index contributed by atoms with van der Waals surface area (Å²) in [6, 6.07) is 6.29. The molecule has 0 atom stereocenters. The molecular weight excluding hydrogens is 240 g/mol. The minimum Gasteiger partial charge on any atom is -0.427 e. The van der Waals surface area contributed by atoms with Crippen molar-refractivity contribution < 1.29 is 12.8 Å². The van der Waals surface area contributed by atoms with E-state index in [1.807, 2.05) is 6.07 Å². The van der Waals surface area contributed by atoms with E-state index < -0.39 is 14.3 Å². The molecule has 0 saturated carbocycles. The second-order valence-corrected chi connectivity index (χ2v) is 5.16. The molecule has 15 heavy (non-hydrogen) atoms. The van der Waals surface area contributed by atoms with Crippen LogP contribution in [0.2, 0.25) is 0 Å². The lowest BCUT2D eigenvalue weighted by Crippen LogP contribution is -1.88. The Hall–Kier alpha value is -1.58. The van der Waals surface area contributed by atoms with Crippen LogP contribution in [0.25, 0.3) is 11.1 Å². The number of aromatic nitrogens is 1. The monoisotopic (exact) mass is 242 g/mol. The zero-order chi connectivity index (χ0) is 11.1. The number of fused-ring (bicyclic) bond motifs is 1. The molecule has 1 aromatic heterocycles. The summed E-state index contributed by atoms with van der Waals surface area (Å²) in [6.07, 6.45) is 0. The lowest BCUT2D eigenvalue weighted by molar-refractivity contribution is 0.464. The lowest BCUT2D eigenvalue weighted by Gasteiger charge is -1.85. The molecule has 76 valence electrons. The number of nitriles is 1. The van der Waals surface area contributed by atoms with E-state index in [0.717, 1.165) is 0 Å². The van der Waals surface area contributed by atoms with Crippen LogP contribution in [0.5, 0.6) is 0 Å². The van der Waals surface area contributed by atoms with Gasteiger partial charge in [0.25, 0.3) is 0 Å². The van der Waals surface area contributed by atoms with Gasteiger partial charge in [-0.25, -0.2) is 8.42 Å². The number of hydrogen-bond donors (Lipinski definition) is 0. The number of benzene rings is 1. The number of nitrogens with zero attached hydrogens (tertiary/aromatic N) is 2. The Morgan fingerprint density at radius 1 is 1.47 bits per heavy atom. The zero-order valence-electron chi connectivity index (χ0n) is 7.14. The van der Waals surface area contributed by atoms with Gasteiger partial charge in [-0.15, -0.1) is 0 Å². The molecule has 0 amide bonds. The van der Waals surface area contributed by atoms with E-state index in [4.69, 9.17) is 20.4 Å². The zero-order valence-corrected chi connectivity index (χ0v) is 8.71. The van der Waals surface area contributed by atoms with Crippen molar-refractivity contribution in [3.8, 4) is 6.07 Å². The maximum absolute atomic E-state index is 10.9. The first-order valence-corrected chi connectivity index (χ1v) is 6.07. The molecule has 0 unspecified atom stereocenters. The van der Waals surface area contributed by atoms with E-state index in [0.29, 0.717) is 11.1 Å². The second kappa shape index (κ2) is 3.22. The first-order chi connectivity index (χ1) is 7.00. The number of rotatable bonds is 1. The minimum atomic E-state index is -3.97. The SMILES string of the molecule is N#Cc1ccc2nc(S(=O)(=O)Cl)oc2c1.